The second-order valence-corrected chi connectivity index (χ2v) is 7.57. The summed E-state index contributed by atoms with van der Waals surface area (Å²) in [5, 5.41) is 14.0. The summed E-state index contributed by atoms with van der Waals surface area (Å²) in [5.74, 6) is -0.275. The van der Waals surface area contributed by atoms with E-state index in [0.717, 1.165) is 39.1 Å². The fourth-order valence-corrected chi connectivity index (χ4v) is 4.44. The molecule has 0 spiro atoms. The monoisotopic (exact) mass is 382 g/mol. The number of benzene rings is 1. The van der Waals surface area contributed by atoms with Crippen LogP contribution < -0.4 is 10.2 Å². The molecule has 0 radical (unpaired) electrons. The van der Waals surface area contributed by atoms with Crippen LogP contribution in [0.3, 0.4) is 0 Å². The number of hydrogen-bond donors (Lipinski definition) is 2. The van der Waals surface area contributed by atoms with Gasteiger partial charge in [-0.2, -0.15) is 0 Å². The first-order valence-electron chi connectivity index (χ1n) is 9.17. The minimum atomic E-state index is -0.521. The molecule has 0 bridgehead atoms. The Kier molecular flexibility index (Phi) is 6.11. The van der Waals surface area contributed by atoms with Crippen LogP contribution >= 0.6 is 11.6 Å². The molecule has 2 N–H and O–H groups in total. The van der Waals surface area contributed by atoms with Crippen molar-refractivity contribution in [3.05, 3.63) is 38.9 Å². The molecule has 2 aliphatic rings. The molecule has 1 saturated heterocycles. The molecule has 8 heteroatoms. The van der Waals surface area contributed by atoms with Crippen LogP contribution in [0.5, 0.6) is 0 Å². The highest BCUT2D eigenvalue weighted by atomic mass is 35.5. The number of nitrogens with zero attached hydrogens (tertiary/aromatic N) is 1. The third-order valence-corrected chi connectivity index (χ3v) is 5.97. The lowest BCUT2D eigenvalue weighted by molar-refractivity contribution is -0.960. The topological polar surface area (TPSA) is 85.9 Å². The van der Waals surface area contributed by atoms with Crippen LogP contribution in [0, 0.1) is 10.1 Å². The Morgan fingerprint density at radius 3 is 2.58 bits per heavy atom. The zero-order valence-corrected chi connectivity index (χ0v) is 15.5. The summed E-state index contributed by atoms with van der Waals surface area (Å²) in [6.07, 6.45) is 5.79. The maximum absolute atomic E-state index is 12.6. The van der Waals surface area contributed by atoms with Gasteiger partial charge >= 0.3 is 0 Å². The summed E-state index contributed by atoms with van der Waals surface area (Å²) in [5.41, 5.74) is 0.207. The van der Waals surface area contributed by atoms with Crippen molar-refractivity contribution in [3.8, 4) is 0 Å². The molecular weight excluding hydrogens is 358 g/mol. The van der Waals surface area contributed by atoms with E-state index >= 15 is 0 Å². The van der Waals surface area contributed by atoms with Crippen LogP contribution in [0.2, 0.25) is 5.02 Å². The van der Waals surface area contributed by atoms with Gasteiger partial charge in [0.2, 0.25) is 0 Å². The van der Waals surface area contributed by atoms with Gasteiger partial charge in [0.25, 0.3) is 11.6 Å². The molecule has 1 saturated carbocycles. The van der Waals surface area contributed by atoms with E-state index in [1.165, 1.54) is 42.4 Å². The van der Waals surface area contributed by atoms with Crippen molar-refractivity contribution in [2.75, 3.05) is 32.8 Å². The van der Waals surface area contributed by atoms with E-state index in [2.05, 4.69) is 5.32 Å². The van der Waals surface area contributed by atoms with E-state index in [4.69, 9.17) is 16.3 Å². The van der Waals surface area contributed by atoms with Gasteiger partial charge in [0.1, 0.15) is 18.6 Å². The molecule has 0 aromatic heterocycles. The summed E-state index contributed by atoms with van der Waals surface area (Å²) < 4.78 is 5.50. The zero-order chi connectivity index (χ0) is 18.6. The van der Waals surface area contributed by atoms with E-state index in [0.29, 0.717) is 6.54 Å². The summed E-state index contributed by atoms with van der Waals surface area (Å²) >= 11 is 6.09. The summed E-state index contributed by atoms with van der Waals surface area (Å²) in [6, 6.07) is 3.95. The molecule has 1 aromatic rings. The Hall–Kier alpha value is -1.70. The third kappa shape index (κ3) is 4.16. The van der Waals surface area contributed by atoms with E-state index in [1.54, 1.807) is 0 Å². The minimum Gasteiger partial charge on any atom is -0.370 e. The number of halogens is 1. The number of carbonyl (C=O) groups is 1. The Labute approximate surface area is 157 Å². The average molecular weight is 383 g/mol. The van der Waals surface area contributed by atoms with Crippen LogP contribution in [0.1, 0.15) is 42.5 Å². The molecule has 0 unspecified atom stereocenters. The number of non-ortho nitro benzene ring substituents is 1. The molecule has 0 atom stereocenters. The van der Waals surface area contributed by atoms with Crippen molar-refractivity contribution >= 4 is 23.2 Å². The zero-order valence-electron chi connectivity index (χ0n) is 14.8. The fourth-order valence-electron chi connectivity index (χ4n) is 4.18. The highest BCUT2D eigenvalue weighted by Crippen LogP contribution is 2.26. The first-order chi connectivity index (χ1) is 12.5. The molecule has 1 aliphatic heterocycles. The Balaban J connectivity index is 1.70. The standard InChI is InChI=1S/C18H24ClN3O4/c19-16-12-14(22(24)25)4-5-15(16)17(23)20-13-18(6-2-1-3-7-18)21-8-10-26-11-9-21/h4-5,12H,1-3,6-11,13H2,(H,20,23)/p+1. The predicted octanol–water partition coefficient (Wildman–Crippen LogP) is 1.60. The van der Waals surface area contributed by atoms with Crippen molar-refractivity contribution in [1.29, 1.82) is 0 Å². The highest BCUT2D eigenvalue weighted by Gasteiger charge is 2.42. The number of morpholine rings is 1. The summed E-state index contributed by atoms with van der Waals surface area (Å²) in [4.78, 5) is 24.4. The van der Waals surface area contributed by atoms with Gasteiger partial charge in [-0.15, -0.1) is 0 Å². The van der Waals surface area contributed by atoms with Gasteiger partial charge in [-0.05, 0) is 18.9 Å². The Bertz CT molecular complexity index is 670. The van der Waals surface area contributed by atoms with Crippen molar-refractivity contribution in [2.45, 2.75) is 37.6 Å². The Morgan fingerprint density at radius 1 is 1.27 bits per heavy atom. The van der Waals surface area contributed by atoms with E-state index in [1.807, 2.05) is 0 Å². The fraction of sp³-hybridized carbons (Fsp3) is 0.611. The van der Waals surface area contributed by atoms with Crippen LogP contribution in [-0.4, -0.2) is 49.2 Å². The lowest BCUT2D eigenvalue weighted by Gasteiger charge is -2.45. The van der Waals surface area contributed by atoms with Gasteiger partial charge in [0.05, 0.1) is 35.3 Å². The van der Waals surface area contributed by atoms with E-state index in [9.17, 15) is 14.9 Å². The van der Waals surface area contributed by atoms with E-state index < -0.39 is 4.92 Å². The summed E-state index contributed by atoms with van der Waals surface area (Å²) in [6.45, 7) is 4.05. The normalized spacial score (nSPS) is 20.5. The van der Waals surface area contributed by atoms with Crippen molar-refractivity contribution in [3.63, 3.8) is 0 Å². The van der Waals surface area contributed by atoms with Gasteiger partial charge < -0.3 is 15.0 Å². The van der Waals surface area contributed by atoms with E-state index in [-0.39, 0.29) is 27.7 Å². The van der Waals surface area contributed by atoms with Gasteiger partial charge in [0, 0.05) is 25.0 Å². The largest absolute Gasteiger partial charge is 0.370 e. The number of hydrogen-bond acceptors (Lipinski definition) is 4. The predicted molar refractivity (Wildman–Crippen MR) is 97.8 cm³/mol. The van der Waals surface area contributed by atoms with Gasteiger partial charge in [0.15, 0.2) is 0 Å². The minimum absolute atomic E-state index is 0.0466. The van der Waals surface area contributed by atoms with Crippen LogP contribution in [0.4, 0.5) is 5.69 Å². The number of amides is 1. The number of quaternary nitrogens is 1. The number of ether oxygens (including phenoxy) is 1. The molecule has 1 amide bonds. The lowest BCUT2D eigenvalue weighted by Crippen LogP contribution is -3.23. The number of rotatable bonds is 5. The quantitative estimate of drug-likeness (QED) is 0.598. The molecular formula is C18H25ClN3O4+. The number of nitrogens with one attached hydrogen (secondary N) is 2. The van der Waals surface area contributed by atoms with Crippen molar-refractivity contribution in [2.24, 2.45) is 0 Å². The van der Waals surface area contributed by atoms with Crippen molar-refractivity contribution < 1.29 is 19.4 Å². The SMILES string of the molecule is O=C(NCC1([NH+]2CCOCC2)CCCCC1)c1ccc([N+](=O)[O-])cc1Cl. The molecule has 2 fully saturated rings. The molecule has 1 heterocycles. The molecule has 3 rings (SSSR count). The van der Waals surface area contributed by atoms with Gasteiger partial charge in [-0.1, -0.05) is 18.0 Å². The van der Waals surface area contributed by atoms with Crippen LogP contribution in [0.25, 0.3) is 0 Å². The molecule has 7 nitrogen and oxygen atoms in total. The third-order valence-electron chi connectivity index (χ3n) is 5.65. The number of carbonyl (C=O) groups excluding carboxylic acids is 1. The lowest BCUT2D eigenvalue weighted by atomic mass is 9.79. The smallest absolute Gasteiger partial charge is 0.270 e. The molecule has 26 heavy (non-hydrogen) atoms. The second kappa shape index (κ2) is 8.33. The Morgan fingerprint density at radius 2 is 1.96 bits per heavy atom. The number of nitro benzene ring substituents is 1. The molecule has 142 valence electrons. The van der Waals surface area contributed by atoms with Crippen LogP contribution in [0.15, 0.2) is 18.2 Å². The highest BCUT2D eigenvalue weighted by molar-refractivity contribution is 6.34. The van der Waals surface area contributed by atoms with Crippen LogP contribution in [-0.2, 0) is 4.74 Å². The maximum atomic E-state index is 12.6. The second-order valence-electron chi connectivity index (χ2n) is 7.16. The average Bonchev–Trinajstić information content (AvgIpc) is 2.67. The first kappa shape index (κ1) is 19.1. The molecule has 1 aliphatic carbocycles. The summed E-state index contributed by atoms with van der Waals surface area (Å²) in [7, 11) is 0. The van der Waals surface area contributed by atoms with Crippen molar-refractivity contribution in [1.82, 2.24) is 5.32 Å². The maximum Gasteiger partial charge on any atom is 0.270 e. The number of nitro groups is 1. The first-order valence-corrected chi connectivity index (χ1v) is 9.55. The molecule has 1 aromatic carbocycles. The van der Waals surface area contributed by atoms with Gasteiger partial charge in [-0.25, -0.2) is 0 Å². The van der Waals surface area contributed by atoms with Gasteiger partial charge in [-0.3, -0.25) is 14.9 Å².